The predicted molar refractivity (Wildman–Crippen MR) is 41.2 cm³/mol. The van der Waals surface area contributed by atoms with Crippen molar-refractivity contribution in [3.63, 3.8) is 0 Å². The molecule has 0 aromatic carbocycles. The van der Waals surface area contributed by atoms with E-state index in [1.54, 1.807) is 0 Å². The van der Waals surface area contributed by atoms with Crippen molar-refractivity contribution in [2.24, 2.45) is 0 Å². The lowest BCUT2D eigenvalue weighted by molar-refractivity contribution is -0.0751. The molecule has 56 valence electrons. The molecule has 0 N–H and O–H groups in total. The van der Waals surface area contributed by atoms with E-state index in [1.807, 2.05) is 20.8 Å². The van der Waals surface area contributed by atoms with Gasteiger partial charge in [-0.2, -0.15) is 0 Å². The van der Waals surface area contributed by atoms with Crippen LogP contribution in [0.4, 0.5) is 0 Å². The van der Waals surface area contributed by atoms with E-state index in [2.05, 4.69) is 6.55 Å². The molecular weight excluding hydrogens is 132 g/mol. The highest BCUT2D eigenvalue weighted by molar-refractivity contribution is 6.24. The third-order valence-corrected chi connectivity index (χ3v) is 1.35. The monoisotopic (exact) mass is 148 g/mol. The zero-order valence-electron chi connectivity index (χ0n) is 6.73. The van der Waals surface area contributed by atoms with Crippen LogP contribution in [-0.4, -0.2) is 22.2 Å². The minimum absolute atomic E-state index is 0.0520. The van der Waals surface area contributed by atoms with Gasteiger partial charge in [0.1, 0.15) is 6.79 Å². The molecule has 0 saturated carbocycles. The number of hydrogen-bond donors (Lipinski definition) is 0. The molecular formula is C6H16O2Si. The van der Waals surface area contributed by atoms with E-state index in [0.717, 1.165) is 0 Å². The van der Waals surface area contributed by atoms with E-state index >= 15 is 0 Å². The molecule has 0 rings (SSSR count). The molecule has 9 heavy (non-hydrogen) atoms. The molecule has 0 aliphatic carbocycles. The summed E-state index contributed by atoms with van der Waals surface area (Å²) in [5.41, 5.74) is -0.0520. The topological polar surface area (TPSA) is 18.5 Å². The van der Waals surface area contributed by atoms with Gasteiger partial charge in [0.05, 0.1) is 5.60 Å². The fraction of sp³-hybridized carbons (Fsp3) is 1.00. The summed E-state index contributed by atoms with van der Waals surface area (Å²) in [6.45, 7) is 8.62. The molecule has 0 aromatic rings. The van der Waals surface area contributed by atoms with Crippen molar-refractivity contribution < 1.29 is 9.16 Å². The molecule has 0 saturated heterocycles. The Labute approximate surface area is 59.5 Å². The van der Waals surface area contributed by atoms with E-state index in [-0.39, 0.29) is 15.4 Å². The molecule has 0 unspecified atom stereocenters. The van der Waals surface area contributed by atoms with Crippen LogP contribution < -0.4 is 0 Å². The summed E-state index contributed by atoms with van der Waals surface area (Å²) in [6, 6.07) is 0. The molecule has 0 spiro atoms. The summed E-state index contributed by atoms with van der Waals surface area (Å²) >= 11 is 0. The van der Waals surface area contributed by atoms with Crippen molar-refractivity contribution in [1.29, 1.82) is 0 Å². The average Bonchev–Trinajstić information content (AvgIpc) is 1.63. The smallest absolute Gasteiger partial charge is 0.161 e. The van der Waals surface area contributed by atoms with Gasteiger partial charge in [-0.05, 0) is 20.8 Å². The molecule has 0 aliphatic rings. The standard InChI is InChI=1S/C6H16O2Si/c1-6(2,3)7-5-8-9-4/h5,9H2,1-4H3. The first-order valence-corrected chi connectivity index (χ1v) is 5.27. The Morgan fingerprint density at radius 3 is 2.22 bits per heavy atom. The van der Waals surface area contributed by atoms with Gasteiger partial charge in [-0.3, -0.25) is 0 Å². The number of rotatable bonds is 3. The lowest BCUT2D eigenvalue weighted by Gasteiger charge is -2.18. The highest BCUT2D eigenvalue weighted by Gasteiger charge is 2.08. The zero-order chi connectivity index (χ0) is 7.33. The van der Waals surface area contributed by atoms with Crippen LogP contribution >= 0.6 is 0 Å². The van der Waals surface area contributed by atoms with Crippen LogP contribution in [-0.2, 0) is 9.16 Å². The minimum atomic E-state index is -0.280. The van der Waals surface area contributed by atoms with E-state index in [0.29, 0.717) is 6.79 Å². The summed E-state index contributed by atoms with van der Waals surface area (Å²) in [6.07, 6.45) is 0. The van der Waals surface area contributed by atoms with Crippen molar-refractivity contribution in [3.05, 3.63) is 0 Å². The quantitative estimate of drug-likeness (QED) is 0.336. The highest BCUT2D eigenvalue weighted by Crippen LogP contribution is 2.05. The SMILES string of the molecule is C[SiH2]OCOC(C)(C)C. The molecule has 0 amide bonds. The Morgan fingerprint density at radius 2 is 1.89 bits per heavy atom. The van der Waals surface area contributed by atoms with Gasteiger partial charge in [0.2, 0.25) is 0 Å². The van der Waals surface area contributed by atoms with Crippen molar-refractivity contribution >= 4 is 9.76 Å². The van der Waals surface area contributed by atoms with Gasteiger partial charge in [0, 0.05) is 0 Å². The normalized spacial score (nSPS) is 13.3. The zero-order valence-corrected chi connectivity index (χ0v) is 8.14. The molecule has 0 aromatic heterocycles. The van der Waals surface area contributed by atoms with Gasteiger partial charge in [-0.25, -0.2) is 0 Å². The summed E-state index contributed by atoms with van der Waals surface area (Å²) < 4.78 is 10.4. The highest BCUT2D eigenvalue weighted by atomic mass is 28.2. The molecule has 0 heterocycles. The van der Waals surface area contributed by atoms with Crippen LogP contribution in [0.1, 0.15) is 20.8 Å². The van der Waals surface area contributed by atoms with Crippen LogP contribution in [0.2, 0.25) is 6.55 Å². The third-order valence-electron chi connectivity index (χ3n) is 0.779. The van der Waals surface area contributed by atoms with Crippen LogP contribution in [0.15, 0.2) is 0 Å². The number of ether oxygens (including phenoxy) is 1. The molecule has 3 heteroatoms. The maximum absolute atomic E-state index is 5.28. The van der Waals surface area contributed by atoms with Gasteiger partial charge in [-0.15, -0.1) is 0 Å². The second kappa shape index (κ2) is 4.03. The molecule has 0 bridgehead atoms. The van der Waals surface area contributed by atoms with E-state index in [1.165, 1.54) is 0 Å². The maximum atomic E-state index is 5.28. The average molecular weight is 148 g/mol. The van der Waals surface area contributed by atoms with Crippen molar-refractivity contribution in [3.8, 4) is 0 Å². The Bertz CT molecular complexity index is 67.9. The molecule has 0 atom stereocenters. The third kappa shape index (κ3) is 8.14. The minimum Gasteiger partial charge on any atom is -0.402 e. The van der Waals surface area contributed by atoms with E-state index < -0.39 is 0 Å². The van der Waals surface area contributed by atoms with Gasteiger partial charge in [-0.1, -0.05) is 6.55 Å². The van der Waals surface area contributed by atoms with Crippen LogP contribution in [0.5, 0.6) is 0 Å². The first kappa shape index (κ1) is 9.14. The van der Waals surface area contributed by atoms with Crippen LogP contribution in [0.3, 0.4) is 0 Å². The van der Waals surface area contributed by atoms with Crippen LogP contribution in [0.25, 0.3) is 0 Å². The van der Waals surface area contributed by atoms with Gasteiger partial charge >= 0.3 is 0 Å². The van der Waals surface area contributed by atoms with Gasteiger partial charge in [0.25, 0.3) is 0 Å². The van der Waals surface area contributed by atoms with Gasteiger partial charge < -0.3 is 9.16 Å². The van der Waals surface area contributed by atoms with Crippen molar-refractivity contribution in [1.82, 2.24) is 0 Å². The summed E-state index contributed by atoms with van der Waals surface area (Å²) in [4.78, 5) is 0. The van der Waals surface area contributed by atoms with E-state index in [4.69, 9.17) is 9.16 Å². The van der Waals surface area contributed by atoms with Crippen molar-refractivity contribution in [2.75, 3.05) is 6.79 Å². The first-order chi connectivity index (χ1) is 4.06. The first-order valence-electron chi connectivity index (χ1n) is 3.28. The second-order valence-electron chi connectivity index (χ2n) is 2.87. The van der Waals surface area contributed by atoms with E-state index in [9.17, 15) is 0 Å². The Kier molecular flexibility index (Phi) is 4.09. The summed E-state index contributed by atoms with van der Waals surface area (Å²) in [7, 11) is -0.280. The Hall–Kier alpha value is 0.137. The Morgan fingerprint density at radius 1 is 1.33 bits per heavy atom. The Balaban J connectivity index is 3.07. The molecule has 0 aliphatic heterocycles. The van der Waals surface area contributed by atoms with Crippen LogP contribution in [0, 0.1) is 0 Å². The molecule has 0 radical (unpaired) electrons. The molecule has 2 nitrogen and oxygen atoms in total. The summed E-state index contributed by atoms with van der Waals surface area (Å²) in [5.74, 6) is 0. The second-order valence-corrected chi connectivity index (χ2v) is 3.85. The number of hydrogen-bond acceptors (Lipinski definition) is 2. The lowest BCUT2D eigenvalue weighted by Crippen LogP contribution is -2.21. The summed E-state index contributed by atoms with van der Waals surface area (Å²) in [5, 5.41) is 0. The lowest BCUT2D eigenvalue weighted by atomic mass is 10.2. The fourth-order valence-corrected chi connectivity index (χ4v) is 0.552. The predicted octanol–water partition coefficient (Wildman–Crippen LogP) is 0.907. The van der Waals surface area contributed by atoms with Gasteiger partial charge in [0.15, 0.2) is 9.76 Å². The largest absolute Gasteiger partial charge is 0.402 e. The van der Waals surface area contributed by atoms with Crippen molar-refractivity contribution in [2.45, 2.75) is 32.9 Å². The maximum Gasteiger partial charge on any atom is 0.161 e. The molecule has 0 fully saturated rings. The fourth-order valence-electron chi connectivity index (χ4n) is 0.302.